The van der Waals surface area contributed by atoms with Gasteiger partial charge in [0.1, 0.15) is 6.07 Å². The van der Waals surface area contributed by atoms with Crippen LogP contribution in [0.25, 0.3) is 0 Å². The number of aliphatic hydroxyl groups is 1. The smallest absolute Gasteiger partial charge is 0.100 e. The number of nitriles is 1. The first-order chi connectivity index (χ1) is 6.14. The van der Waals surface area contributed by atoms with Gasteiger partial charge in [-0.15, -0.1) is 11.3 Å². The number of aliphatic hydroxyl groups excluding tert-OH is 1. The fourth-order valence-corrected chi connectivity index (χ4v) is 2.61. The highest BCUT2D eigenvalue weighted by atomic mass is 32.1. The van der Waals surface area contributed by atoms with Gasteiger partial charge in [0.05, 0.1) is 17.2 Å². The largest absolute Gasteiger partial charge is 0.393 e. The zero-order valence-electron chi connectivity index (χ0n) is 7.03. The van der Waals surface area contributed by atoms with E-state index in [1.165, 1.54) is 11.3 Å². The quantitative estimate of drug-likeness (QED) is 0.698. The van der Waals surface area contributed by atoms with Gasteiger partial charge in [0.25, 0.3) is 0 Å². The Bertz CT molecular complexity index is 360. The van der Waals surface area contributed by atoms with Gasteiger partial charge in [-0.1, -0.05) is 0 Å². The van der Waals surface area contributed by atoms with Crippen LogP contribution in [0.2, 0.25) is 0 Å². The molecule has 1 saturated carbocycles. The molecule has 0 bridgehead atoms. The Hall–Kier alpha value is -0.890. The molecule has 0 spiro atoms. The minimum Gasteiger partial charge on any atom is -0.393 e. The molecule has 13 heavy (non-hydrogen) atoms. The fraction of sp³-hybridized carbons (Fsp3) is 0.444. The Labute approximate surface area is 80.4 Å². The molecule has 0 saturated heterocycles. The van der Waals surface area contributed by atoms with E-state index < -0.39 is 0 Å². The molecule has 0 radical (unpaired) electrons. The van der Waals surface area contributed by atoms with Crippen molar-refractivity contribution in [1.82, 2.24) is 0 Å². The SMILES string of the molecule is N#Cc1csc(C2(N)CC(O)C2)c1. The average Bonchev–Trinajstić information content (AvgIpc) is 2.49. The van der Waals surface area contributed by atoms with Crippen LogP contribution in [-0.2, 0) is 5.54 Å². The fourth-order valence-electron chi connectivity index (χ4n) is 1.64. The van der Waals surface area contributed by atoms with E-state index in [1.807, 2.05) is 6.07 Å². The maximum atomic E-state index is 9.17. The van der Waals surface area contributed by atoms with Crippen LogP contribution in [0.1, 0.15) is 23.3 Å². The van der Waals surface area contributed by atoms with Crippen molar-refractivity contribution in [3.05, 3.63) is 21.9 Å². The predicted molar refractivity (Wildman–Crippen MR) is 50.1 cm³/mol. The maximum absolute atomic E-state index is 9.17. The molecule has 4 heteroatoms. The van der Waals surface area contributed by atoms with Gasteiger partial charge >= 0.3 is 0 Å². The molecule has 0 amide bonds. The lowest BCUT2D eigenvalue weighted by molar-refractivity contribution is 0.0227. The van der Waals surface area contributed by atoms with Gasteiger partial charge in [-0.2, -0.15) is 5.26 Å². The second-order valence-corrected chi connectivity index (χ2v) is 4.44. The van der Waals surface area contributed by atoms with Crippen molar-refractivity contribution in [1.29, 1.82) is 5.26 Å². The molecule has 1 aromatic heterocycles. The Morgan fingerprint density at radius 1 is 1.69 bits per heavy atom. The van der Waals surface area contributed by atoms with E-state index in [0.717, 1.165) is 4.88 Å². The molecule has 0 unspecified atom stereocenters. The van der Waals surface area contributed by atoms with Gasteiger partial charge in [-0.05, 0) is 18.9 Å². The summed E-state index contributed by atoms with van der Waals surface area (Å²) in [6, 6.07) is 3.89. The van der Waals surface area contributed by atoms with Gasteiger partial charge in [-0.3, -0.25) is 0 Å². The lowest BCUT2D eigenvalue weighted by Crippen LogP contribution is -2.51. The second kappa shape index (κ2) is 2.81. The van der Waals surface area contributed by atoms with Crippen molar-refractivity contribution in [2.24, 2.45) is 5.73 Å². The first-order valence-electron chi connectivity index (χ1n) is 4.10. The van der Waals surface area contributed by atoms with Gasteiger partial charge in [0.2, 0.25) is 0 Å². The molecule has 2 rings (SSSR count). The van der Waals surface area contributed by atoms with E-state index in [4.69, 9.17) is 16.1 Å². The number of nitrogens with zero attached hydrogens (tertiary/aromatic N) is 1. The van der Waals surface area contributed by atoms with Crippen LogP contribution in [0, 0.1) is 11.3 Å². The lowest BCUT2D eigenvalue weighted by atomic mass is 9.74. The van der Waals surface area contributed by atoms with Gasteiger partial charge < -0.3 is 10.8 Å². The van der Waals surface area contributed by atoms with Crippen LogP contribution in [0.3, 0.4) is 0 Å². The highest BCUT2D eigenvalue weighted by molar-refractivity contribution is 7.10. The zero-order valence-corrected chi connectivity index (χ0v) is 7.84. The normalized spacial score (nSPS) is 32.2. The molecule has 3 N–H and O–H groups in total. The van der Waals surface area contributed by atoms with Crippen LogP contribution in [0.5, 0.6) is 0 Å². The molecule has 68 valence electrons. The summed E-state index contributed by atoms with van der Waals surface area (Å²) >= 11 is 1.50. The van der Waals surface area contributed by atoms with Crippen LogP contribution in [0.15, 0.2) is 11.4 Å². The summed E-state index contributed by atoms with van der Waals surface area (Å²) in [4.78, 5) is 1.01. The van der Waals surface area contributed by atoms with E-state index in [1.54, 1.807) is 5.38 Å². The Kier molecular flexibility index (Phi) is 1.88. The molecular formula is C9H10N2OS. The minimum atomic E-state index is -0.376. The van der Waals surface area contributed by atoms with Crippen molar-refractivity contribution in [3.63, 3.8) is 0 Å². The van der Waals surface area contributed by atoms with E-state index >= 15 is 0 Å². The molecule has 1 aliphatic carbocycles. The van der Waals surface area contributed by atoms with Crippen molar-refractivity contribution in [2.75, 3.05) is 0 Å². The van der Waals surface area contributed by atoms with E-state index in [2.05, 4.69) is 6.07 Å². The van der Waals surface area contributed by atoms with Crippen LogP contribution in [0.4, 0.5) is 0 Å². The Morgan fingerprint density at radius 2 is 2.38 bits per heavy atom. The van der Waals surface area contributed by atoms with Crippen molar-refractivity contribution >= 4 is 11.3 Å². The monoisotopic (exact) mass is 194 g/mol. The Balaban J connectivity index is 2.22. The highest BCUT2D eigenvalue weighted by Crippen LogP contribution is 2.41. The third-order valence-electron chi connectivity index (χ3n) is 2.42. The molecule has 1 fully saturated rings. The summed E-state index contributed by atoms with van der Waals surface area (Å²) in [5.74, 6) is 0. The van der Waals surface area contributed by atoms with E-state index in [9.17, 15) is 0 Å². The number of hydrogen-bond acceptors (Lipinski definition) is 4. The molecule has 0 aliphatic heterocycles. The van der Waals surface area contributed by atoms with Gasteiger partial charge in [-0.25, -0.2) is 0 Å². The highest BCUT2D eigenvalue weighted by Gasteiger charge is 2.42. The molecule has 3 nitrogen and oxygen atoms in total. The first kappa shape index (κ1) is 8.70. The summed E-state index contributed by atoms with van der Waals surface area (Å²) < 4.78 is 0. The van der Waals surface area contributed by atoms with Crippen LogP contribution >= 0.6 is 11.3 Å². The third-order valence-corrected chi connectivity index (χ3v) is 3.57. The van der Waals surface area contributed by atoms with Gasteiger partial charge in [0.15, 0.2) is 0 Å². The van der Waals surface area contributed by atoms with Crippen molar-refractivity contribution in [3.8, 4) is 6.07 Å². The molecule has 1 aromatic rings. The molecule has 0 atom stereocenters. The summed E-state index contributed by atoms with van der Waals surface area (Å²) in [6.07, 6.45) is 0.953. The summed E-state index contributed by atoms with van der Waals surface area (Å²) in [5, 5.41) is 19.6. The van der Waals surface area contributed by atoms with Gasteiger partial charge in [0, 0.05) is 10.3 Å². The number of nitrogens with two attached hydrogens (primary N) is 1. The van der Waals surface area contributed by atoms with Crippen LogP contribution in [-0.4, -0.2) is 11.2 Å². The third kappa shape index (κ3) is 1.35. The van der Waals surface area contributed by atoms with E-state index in [0.29, 0.717) is 18.4 Å². The maximum Gasteiger partial charge on any atom is 0.100 e. The first-order valence-corrected chi connectivity index (χ1v) is 4.98. The number of thiophene rings is 1. The summed E-state index contributed by atoms with van der Waals surface area (Å²) in [5.41, 5.74) is 6.31. The molecule has 0 aromatic carbocycles. The second-order valence-electron chi connectivity index (χ2n) is 3.53. The topological polar surface area (TPSA) is 70.0 Å². The average molecular weight is 194 g/mol. The van der Waals surface area contributed by atoms with Crippen molar-refractivity contribution in [2.45, 2.75) is 24.5 Å². The van der Waals surface area contributed by atoms with Crippen LogP contribution < -0.4 is 5.73 Å². The number of rotatable bonds is 1. The molecular weight excluding hydrogens is 184 g/mol. The predicted octanol–water partition coefficient (Wildman–Crippen LogP) is 0.928. The zero-order chi connectivity index (χ0) is 9.47. The number of hydrogen-bond donors (Lipinski definition) is 2. The minimum absolute atomic E-state index is 0.266. The van der Waals surface area contributed by atoms with Crippen molar-refractivity contribution < 1.29 is 5.11 Å². The molecule has 1 heterocycles. The summed E-state index contributed by atoms with van der Waals surface area (Å²) in [6.45, 7) is 0. The van der Waals surface area contributed by atoms with E-state index in [-0.39, 0.29) is 11.6 Å². The lowest BCUT2D eigenvalue weighted by Gasteiger charge is -2.41. The summed E-state index contributed by atoms with van der Waals surface area (Å²) in [7, 11) is 0. The Morgan fingerprint density at radius 3 is 2.85 bits per heavy atom. The standard InChI is InChI=1S/C9H10N2OS/c10-4-6-1-8(13-5-6)9(11)2-7(12)3-9/h1,5,7,12H,2-3,11H2. The molecule has 1 aliphatic rings.